The molecule has 0 saturated heterocycles. The lowest BCUT2D eigenvalue weighted by molar-refractivity contribution is 0.194. The Morgan fingerprint density at radius 2 is 1.83 bits per heavy atom. The molecule has 0 saturated carbocycles. The van der Waals surface area contributed by atoms with Crippen LogP contribution in [0, 0.1) is 0 Å². The molecule has 1 unspecified atom stereocenters. The van der Waals surface area contributed by atoms with Gasteiger partial charge in [-0.05, 0) is 37.9 Å². The van der Waals surface area contributed by atoms with Gasteiger partial charge in [-0.2, -0.15) is 0 Å². The summed E-state index contributed by atoms with van der Waals surface area (Å²) in [4.78, 5) is 0. The summed E-state index contributed by atoms with van der Waals surface area (Å²) in [5.74, 6) is 0. The SMILES string of the molecule is CC=CC=CC(CCCO)O[Si](C)(C)C(C)(C)C. The molecule has 106 valence electrons. The van der Waals surface area contributed by atoms with Gasteiger partial charge in [-0.25, -0.2) is 0 Å². The van der Waals surface area contributed by atoms with Crippen LogP contribution < -0.4 is 0 Å². The maximum absolute atomic E-state index is 8.96. The Balaban J connectivity index is 4.67. The van der Waals surface area contributed by atoms with Crippen LogP contribution in [0.15, 0.2) is 24.3 Å². The minimum absolute atomic E-state index is 0.120. The molecule has 0 aromatic carbocycles. The molecule has 18 heavy (non-hydrogen) atoms. The molecule has 0 aliphatic heterocycles. The quantitative estimate of drug-likeness (QED) is 0.552. The number of aliphatic hydroxyl groups is 1. The zero-order chi connectivity index (χ0) is 14.2. The highest BCUT2D eigenvalue weighted by Gasteiger charge is 2.38. The van der Waals surface area contributed by atoms with E-state index >= 15 is 0 Å². The smallest absolute Gasteiger partial charge is 0.192 e. The van der Waals surface area contributed by atoms with E-state index in [0.29, 0.717) is 0 Å². The first-order valence-electron chi connectivity index (χ1n) is 6.82. The maximum Gasteiger partial charge on any atom is 0.192 e. The second-order valence-electron chi connectivity index (χ2n) is 6.19. The van der Waals surface area contributed by atoms with Crippen LogP contribution in [0.1, 0.15) is 40.5 Å². The maximum atomic E-state index is 8.96. The molecule has 0 aliphatic carbocycles. The Kier molecular flexibility index (Phi) is 7.75. The van der Waals surface area contributed by atoms with Gasteiger partial charge in [0.1, 0.15) is 0 Å². The van der Waals surface area contributed by atoms with E-state index in [1.807, 2.05) is 25.2 Å². The molecule has 0 bridgehead atoms. The molecule has 2 nitrogen and oxygen atoms in total. The highest BCUT2D eigenvalue weighted by molar-refractivity contribution is 6.74. The van der Waals surface area contributed by atoms with Crippen LogP contribution in [-0.4, -0.2) is 26.1 Å². The number of hydrogen-bond donors (Lipinski definition) is 1. The van der Waals surface area contributed by atoms with Crippen molar-refractivity contribution in [1.29, 1.82) is 0 Å². The third kappa shape index (κ3) is 6.52. The van der Waals surface area contributed by atoms with Crippen LogP contribution in [-0.2, 0) is 4.43 Å². The Bertz CT molecular complexity index is 275. The number of rotatable bonds is 7. The summed E-state index contributed by atoms with van der Waals surface area (Å²) in [6.07, 6.45) is 9.96. The normalized spacial score (nSPS) is 15.7. The van der Waals surface area contributed by atoms with Crippen molar-refractivity contribution in [1.82, 2.24) is 0 Å². The number of aliphatic hydroxyl groups excluding tert-OH is 1. The Hall–Kier alpha value is -0.383. The van der Waals surface area contributed by atoms with E-state index in [1.165, 1.54) is 0 Å². The Morgan fingerprint density at radius 3 is 2.28 bits per heavy atom. The summed E-state index contributed by atoms with van der Waals surface area (Å²) >= 11 is 0. The molecule has 0 aliphatic rings. The second-order valence-corrected chi connectivity index (χ2v) is 10.9. The molecule has 0 amide bonds. The summed E-state index contributed by atoms with van der Waals surface area (Å²) < 4.78 is 6.36. The third-order valence-corrected chi connectivity index (χ3v) is 8.03. The van der Waals surface area contributed by atoms with Gasteiger partial charge in [0.05, 0.1) is 6.10 Å². The first-order valence-corrected chi connectivity index (χ1v) is 9.73. The van der Waals surface area contributed by atoms with Crippen LogP contribution in [0.25, 0.3) is 0 Å². The van der Waals surface area contributed by atoms with Crippen LogP contribution >= 0.6 is 0 Å². The molecule has 0 rings (SSSR count). The van der Waals surface area contributed by atoms with E-state index in [1.54, 1.807) is 0 Å². The van der Waals surface area contributed by atoms with Crippen molar-refractivity contribution in [2.45, 2.75) is 64.8 Å². The first kappa shape index (κ1) is 17.6. The van der Waals surface area contributed by atoms with Crippen molar-refractivity contribution in [2.24, 2.45) is 0 Å². The van der Waals surface area contributed by atoms with E-state index in [4.69, 9.17) is 9.53 Å². The summed E-state index contributed by atoms with van der Waals surface area (Å²) in [6.45, 7) is 13.5. The molecular weight excluding hydrogens is 240 g/mol. The molecule has 0 heterocycles. The Labute approximate surface area is 114 Å². The van der Waals surface area contributed by atoms with E-state index in [9.17, 15) is 0 Å². The third-order valence-electron chi connectivity index (χ3n) is 3.53. The number of allylic oxidation sites excluding steroid dienone is 3. The first-order chi connectivity index (χ1) is 8.24. The standard InChI is InChI=1S/C15H30O2Si/c1-7-8-9-11-14(12-10-13-16)17-18(5,6)15(2,3)4/h7-9,11,14,16H,10,12-13H2,1-6H3. The predicted molar refractivity (Wildman–Crippen MR) is 82.3 cm³/mol. The highest BCUT2D eigenvalue weighted by Crippen LogP contribution is 2.37. The van der Waals surface area contributed by atoms with E-state index in [-0.39, 0.29) is 17.7 Å². The fourth-order valence-electron chi connectivity index (χ4n) is 1.34. The van der Waals surface area contributed by atoms with Gasteiger partial charge in [-0.15, -0.1) is 0 Å². The molecule has 0 fully saturated rings. The van der Waals surface area contributed by atoms with Crippen molar-refractivity contribution in [2.75, 3.05) is 6.61 Å². The van der Waals surface area contributed by atoms with Crippen molar-refractivity contribution in [3.8, 4) is 0 Å². The zero-order valence-electron chi connectivity index (χ0n) is 12.9. The lowest BCUT2D eigenvalue weighted by Crippen LogP contribution is -2.43. The fraction of sp³-hybridized carbons (Fsp3) is 0.733. The molecular formula is C15H30O2Si. The van der Waals surface area contributed by atoms with Crippen LogP contribution in [0.4, 0.5) is 0 Å². The lowest BCUT2D eigenvalue weighted by Gasteiger charge is -2.38. The van der Waals surface area contributed by atoms with Gasteiger partial charge in [0.15, 0.2) is 8.32 Å². The average Bonchev–Trinajstić information content (AvgIpc) is 2.24. The lowest BCUT2D eigenvalue weighted by atomic mass is 10.2. The van der Waals surface area contributed by atoms with E-state index in [0.717, 1.165) is 12.8 Å². The summed E-state index contributed by atoms with van der Waals surface area (Å²) in [6, 6.07) is 0. The van der Waals surface area contributed by atoms with Crippen LogP contribution in [0.3, 0.4) is 0 Å². The van der Waals surface area contributed by atoms with Crippen molar-refractivity contribution in [3.05, 3.63) is 24.3 Å². The largest absolute Gasteiger partial charge is 0.411 e. The van der Waals surface area contributed by atoms with Crippen molar-refractivity contribution < 1.29 is 9.53 Å². The van der Waals surface area contributed by atoms with Crippen LogP contribution in [0.5, 0.6) is 0 Å². The van der Waals surface area contributed by atoms with Crippen molar-refractivity contribution in [3.63, 3.8) is 0 Å². The second kappa shape index (κ2) is 7.92. The van der Waals surface area contributed by atoms with Crippen molar-refractivity contribution >= 4 is 8.32 Å². The molecule has 1 atom stereocenters. The fourth-order valence-corrected chi connectivity index (χ4v) is 2.65. The summed E-state index contributed by atoms with van der Waals surface area (Å²) in [5, 5.41) is 9.18. The molecule has 3 heteroatoms. The molecule has 0 aromatic rings. The minimum Gasteiger partial charge on any atom is -0.411 e. The van der Waals surface area contributed by atoms with Crippen LogP contribution in [0.2, 0.25) is 18.1 Å². The summed E-state index contributed by atoms with van der Waals surface area (Å²) in [7, 11) is -1.74. The average molecular weight is 270 g/mol. The van der Waals surface area contributed by atoms with Gasteiger partial charge in [-0.3, -0.25) is 0 Å². The molecule has 0 radical (unpaired) electrons. The van der Waals surface area contributed by atoms with Gasteiger partial charge < -0.3 is 9.53 Å². The van der Waals surface area contributed by atoms with Gasteiger partial charge >= 0.3 is 0 Å². The molecule has 0 aromatic heterocycles. The summed E-state index contributed by atoms with van der Waals surface area (Å²) in [5.41, 5.74) is 0. The molecule has 1 N–H and O–H groups in total. The predicted octanol–water partition coefficient (Wildman–Crippen LogP) is 4.28. The van der Waals surface area contributed by atoms with E-state index < -0.39 is 8.32 Å². The van der Waals surface area contributed by atoms with Gasteiger partial charge in [0.25, 0.3) is 0 Å². The Morgan fingerprint density at radius 1 is 1.22 bits per heavy atom. The van der Waals surface area contributed by atoms with Gasteiger partial charge in [-0.1, -0.05) is 45.1 Å². The molecule has 0 spiro atoms. The van der Waals surface area contributed by atoms with Gasteiger partial charge in [0, 0.05) is 6.61 Å². The van der Waals surface area contributed by atoms with Gasteiger partial charge in [0.2, 0.25) is 0 Å². The zero-order valence-corrected chi connectivity index (χ0v) is 13.9. The topological polar surface area (TPSA) is 29.5 Å². The number of hydrogen-bond acceptors (Lipinski definition) is 2. The monoisotopic (exact) mass is 270 g/mol. The highest BCUT2D eigenvalue weighted by atomic mass is 28.4. The minimum atomic E-state index is -1.74. The van der Waals surface area contributed by atoms with E-state index in [2.05, 4.69) is 39.9 Å².